The number of nitrogens with one attached hydrogen (secondary N) is 1. The van der Waals surface area contributed by atoms with Crippen molar-refractivity contribution < 1.29 is 8.78 Å². The maximum Gasteiger partial charge on any atom is 0.129 e. The summed E-state index contributed by atoms with van der Waals surface area (Å²) in [7, 11) is 0. The van der Waals surface area contributed by atoms with Crippen molar-refractivity contribution in [3.05, 3.63) is 65.2 Å². The Labute approximate surface area is 126 Å². The molecule has 2 aromatic rings. The van der Waals surface area contributed by atoms with Gasteiger partial charge < -0.3 is 0 Å². The molecule has 110 valence electrons. The standard InChI is InChI=1S/C16H16F2N2S/c17-13-5-3-6-14(18)11(13)8-15(20-19)12-9-21-16-7-2-1-4-10(12)16/h1-7,12,15,20H,8-9,19H2. The summed E-state index contributed by atoms with van der Waals surface area (Å²) in [5.41, 5.74) is 4.03. The van der Waals surface area contributed by atoms with Crippen LogP contribution in [-0.2, 0) is 6.42 Å². The highest BCUT2D eigenvalue weighted by molar-refractivity contribution is 7.99. The third kappa shape index (κ3) is 2.81. The number of hydrogen-bond donors (Lipinski definition) is 2. The second-order valence-corrected chi connectivity index (χ2v) is 6.19. The first-order chi connectivity index (χ1) is 10.2. The van der Waals surface area contributed by atoms with Crippen LogP contribution in [0.15, 0.2) is 47.4 Å². The highest BCUT2D eigenvalue weighted by atomic mass is 32.2. The molecule has 0 saturated heterocycles. The van der Waals surface area contributed by atoms with E-state index in [-0.39, 0.29) is 23.9 Å². The molecule has 3 N–H and O–H groups in total. The second-order valence-electron chi connectivity index (χ2n) is 5.13. The van der Waals surface area contributed by atoms with Crippen LogP contribution in [0, 0.1) is 11.6 Å². The summed E-state index contributed by atoms with van der Waals surface area (Å²) < 4.78 is 27.6. The van der Waals surface area contributed by atoms with Gasteiger partial charge in [0.25, 0.3) is 0 Å². The van der Waals surface area contributed by atoms with Crippen LogP contribution in [0.5, 0.6) is 0 Å². The second kappa shape index (κ2) is 6.13. The fourth-order valence-corrected chi connectivity index (χ4v) is 4.12. The molecule has 2 atom stereocenters. The molecule has 2 aromatic carbocycles. The minimum absolute atomic E-state index is 0.0924. The summed E-state index contributed by atoms with van der Waals surface area (Å²) in [5.74, 6) is 5.63. The number of nitrogens with two attached hydrogens (primary N) is 1. The van der Waals surface area contributed by atoms with Gasteiger partial charge in [0.05, 0.1) is 0 Å². The lowest BCUT2D eigenvalue weighted by Crippen LogP contribution is -2.42. The van der Waals surface area contributed by atoms with Crippen molar-refractivity contribution in [1.82, 2.24) is 5.43 Å². The van der Waals surface area contributed by atoms with E-state index in [1.165, 1.54) is 28.7 Å². The number of halogens is 2. The van der Waals surface area contributed by atoms with Crippen molar-refractivity contribution in [2.24, 2.45) is 5.84 Å². The fraction of sp³-hybridized carbons (Fsp3) is 0.250. The molecule has 5 heteroatoms. The molecular formula is C16H16F2N2S. The van der Waals surface area contributed by atoms with Gasteiger partial charge in [0.15, 0.2) is 0 Å². The molecule has 2 nitrogen and oxygen atoms in total. The summed E-state index contributed by atoms with van der Waals surface area (Å²) in [5, 5.41) is 0. The Morgan fingerprint density at radius 3 is 2.57 bits per heavy atom. The van der Waals surface area contributed by atoms with E-state index in [9.17, 15) is 8.78 Å². The zero-order valence-corrected chi connectivity index (χ0v) is 12.2. The average Bonchev–Trinajstić information content (AvgIpc) is 2.91. The molecule has 3 rings (SSSR count). The van der Waals surface area contributed by atoms with Gasteiger partial charge in [0.1, 0.15) is 11.6 Å². The number of hydrogen-bond acceptors (Lipinski definition) is 3. The first-order valence-corrected chi connectivity index (χ1v) is 7.80. The van der Waals surface area contributed by atoms with Crippen LogP contribution in [0.2, 0.25) is 0 Å². The van der Waals surface area contributed by atoms with E-state index >= 15 is 0 Å². The highest BCUT2D eigenvalue weighted by Gasteiger charge is 2.30. The third-order valence-electron chi connectivity index (χ3n) is 3.92. The third-order valence-corrected chi connectivity index (χ3v) is 5.13. The molecule has 0 fully saturated rings. The minimum atomic E-state index is -0.519. The molecule has 2 unspecified atom stereocenters. The minimum Gasteiger partial charge on any atom is -0.271 e. The zero-order valence-electron chi connectivity index (χ0n) is 11.4. The number of hydrazine groups is 1. The van der Waals surface area contributed by atoms with Gasteiger partial charge in [-0.25, -0.2) is 8.78 Å². The Balaban J connectivity index is 1.87. The van der Waals surface area contributed by atoms with E-state index in [4.69, 9.17) is 5.84 Å². The summed E-state index contributed by atoms with van der Waals surface area (Å²) in [4.78, 5) is 1.22. The van der Waals surface area contributed by atoms with E-state index in [1.54, 1.807) is 11.8 Å². The summed E-state index contributed by atoms with van der Waals surface area (Å²) in [6, 6.07) is 11.8. The van der Waals surface area contributed by atoms with Gasteiger partial charge in [0, 0.05) is 28.2 Å². The summed E-state index contributed by atoms with van der Waals surface area (Å²) in [6.45, 7) is 0. The predicted molar refractivity (Wildman–Crippen MR) is 81.1 cm³/mol. The molecule has 0 aromatic heterocycles. The van der Waals surface area contributed by atoms with Gasteiger partial charge in [-0.15, -0.1) is 11.8 Å². The van der Waals surface area contributed by atoms with Crippen molar-refractivity contribution >= 4 is 11.8 Å². The first-order valence-electron chi connectivity index (χ1n) is 6.81. The lowest BCUT2D eigenvalue weighted by molar-refractivity contribution is 0.442. The Hall–Kier alpha value is -1.43. The average molecular weight is 306 g/mol. The van der Waals surface area contributed by atoms with E-state index < -0.39 is 11.6 Å². The van der Waals surface area contributed by atoms with Crippen LogP contribution < -0.4 is 11.3 Å². The molecule has 1 aliphatic rings. The van der Waals surface area contributed by atoms with E-state index in [0.717, 1.165) is 5.75 Å². The predicted octanol–water partition coefficient (Wildman–Crippen LogP) is 3.23. The zero-order chi connectivity index (χ0) is 14.8. The number of thioether (sulfide) groups is 1. The summed E-state index contributed by atoms with van der Waals surface area (Å²) in [6.07, 6.45) is 0.231. The van der Waals surface area contributed by atoms with Gasteiger partial charge in [0.2, 0.25) is 0 Å². The molecule has 0 radical (unpaired) electrons. The lowest BCUT2D eigenvalue weighted by atomic mass is 9.89. The van der Waals surface area contributed by atoms with Crippen molar-refractivity contribution in [2.75, 3.05) is 5.75 Å². The molecular weight excluding hydrogens is 290 g/mol. The van der Waals surface area contributed by atoms with Crippen LogP contribution in [0.4, 0.5) is 8.78 Å². The van der Waals surface area contributed by atoms with Crippen molar-refractivity contribution in [3.63, 3.8) is 0 Å². The van der Waals surface area contributed by atoms with Gasteiger partial charge in [-0.05, 0) is 30.2 Å². The normalized spacial score (nSPS) is 18.5. The Kier molecular flexibility index (Phi) is 4.24. The van der Waals surface area contributed by atoms with Gasteiger partial charge in [-0.1, -0.05) is 24.3 Å². The topological polar surface area (TPSA) is 38.0 Å². The van der Waals surface area contributed by atoms with Crippen LogP contribution in [-0.4, -0.2) is 11.8 Å². The monoisotopic (exact) mass is 306 g/mol. The molecule has 1 heterocycles. The van der Waals surface area contributed by atoms with Crippen LogP contribution in [0.25, 0.3) is 0 Å². The Bertz CT molecular complexity index is 628. The van der Waals surface area contributed by atoms with Gasteiger partial charge >= 0.3 is 0 Å². The van der Waals surface area contributed by atoms with Crippen LogP contribution >= 0.6 is 11.8 Å². The molecule has 0 saturated carbocycles. The maximum atomic E-state index is 13.8. The maximum absolute atomic E-state index is 13.8. The van der Waals surface area contributed by atoms with Crippen LogP contribution in [0.1, 0.15) is 17.0 Å². The summed E-state index contributed by atoms with van der Waals surface area (Å²) >= 11 is 1.76. The van der Waals surface area contributed by atoms with E-state index in [0.29, 0.717) is 0 Å². The number of rotatable bonds is 4. The van der Waals surface area contributed by atoms with Crippen LogP contribution in [0.3, 0.4) is 0 Å². The highest BCUT2D eigenvalue weighted by Crippen LogP contribution is 2.41. The largest absolute Gasteiger partial charge is 0.271 e. The molecule has 21 heavy (non-hydrogen) atoms. The fourth-order valence-electron chi connectivity index (χ4n) is 2.79. The van der Waals surface area contributed by atoms with E-state index in [2.05, 4.69) is 17.6 Å². The molecule has 1 aliphatic heterocycles. The number of benzene rings is 2. The molecule has 0 aliphatic carbocycles. The van der Waals surface area contributed by atoms with Crippen molar-refractivity contribution in [1.29, 1.82) is 0 Å². The quantitative estimate of drug-likeness (QED) is 0.673. The lowest BCUT2D eigenvalue weighted by Gasteiger charge is -2.23. The molecule has 0 bridgehead atoms. The molecule has 0 spiro atoms. The van der Waals surface area contributed by atoms with Crippen molar-refractivity contribution in [2.45, 2.75) is 23.3 Å². The Morgan fingerprint density at radius 1 is 1.14 bits per heavy atom. The Morgan fingerprint density at radius 2 is 1.86 bits per heavy atom. The van der Waals surface area contributed by atoms with Gasteiger partial charge in [-0.2, -0.15) is 0 Å². The first kappa shape index (κ1) is 14.5. The van der Waals surface area contributed by atoms with E-state index in [1.807, 2.05) is 12.1 Å². The SMILES string of the molecule is NNC(Cc1c(F)cccc1F)C1CSc2ccccc21. The molecule has 0 amide bonds. The smallest absolute Gasteiger partial charge is 0.129 e. The van der Waals surface area contributed by atoms with Crippen molar-refractivity contribution in [3.8, 4) is 0 Å². The number of fused-ring (bicyclic) bond motifs is 1. The van der Waals surface area contributed by atoms with Gasteiger partial charge in [-0.3, -0.25) is 11.3 Å².